The smallest absolute Gasteiger partial charge is 0.210 e. The molecule has 4 heteroatoms. The number of aromatic nitrogens is 1. The van der Waals surface area contributed by atoms with Gasteiger partial charge < -0.3 is 14.0 Å². The van der Waals surface area contributed by atoms with Gasteiger partial charge in [0.15, 0.2) is 0 Å². The summed E-state index contributed by atoms with van der Waals surface area (Å²) in [6, 6.07) is 26.6. The maximum Gasteiger partial charge on any atom is 0.210 e. The molecule has 0 spiro atoms. The number of rotatable bonds is 22. The van der Waals surface area contributed by atoms with Crippen molar-refractivity contribution >= 4 is 0 Å². The number of hydrogen-bond donors (Lipinski definition) is 0. The zero-order valence-corrected chi connectivity index (χ0v) is 28.9. The molecular formula is C43H55NO3. The Balaban J connectivity index is 1.16. The number of hydrogen-bond acceptors (Lipinski definition) is 4. The van der Waals surface area contributed by atoms with Crippen molar-refractivity contribution in [2.75, 3.05) is 13.2 Å². The van der Waals surface area contributed by atoms with Gasteiger partial charge in [-0.15, -0.1) is 0 Å². The van der Waals surface area contributed by atoms with Crippen LogP contribution in [0.5, 0.6) is 11.5 Å². The van der Waals surface area contributed by atoms with Crippen molar-refractivity contribution in [2.24, 2.45) is 0 Å². The van der Waals surface area contributed by atoms with Crippen molar-refractivity contribution < 1.29 is 14.0 Å². The van der Waals surface area contributed by atoms with E-state index in [0.717, 1.165) is 65.5 Å². The topological polar surface area (TPSA) is 44.5 Å². The number of unbranched alkanes of at least 4 members (excludes halogenated alkanes) is 14. The van der Waals surface area contributed by atoms with Gasteiger partial charge >= 0.3 is 0 Å². The SMILES string of the molecule is CCCCCCCCCCOc1ccc(-c2ccc(C#Cc3cc(-c4ccc(OCCCCCCCCCC)cc4)no3)cc2)cc1. The molecule has 1 aromatic heterocycles. The summed E-state index contributed by atoms with van der Waals surface area (Å²) in [5, 5.41) is 4.23. The number of ether oxygens (including phenoxy) is 2. The summed E-state index contributed by atoms with van der Waals surface area (Å²) in [6.07, 6.45) is 20.9. The van der Waals surface area contributed by atoms with E-state index >= 15 is 0 Å². The Hall–Kier alpha value is -3.97. The third-order valence-electron chi connectivity index (χ3n) is 8.60. The van der Waals surface area contributed by atoms with Gasteiger partial charge in [-0.3, -0.25) is 0 Å². The second kappa shape index (κ2) is 21.8. The molecular weight excluding hydrogens is 578 g/mol. The molecule has 4 nitrogen and oxygen atoms in total. The van der Waals surface area contributed by atoms with Gasteiger partial charge in [0.25, 0.3) is 0 Å². The van der Waals surface area contributed by atoms with Crippen LogP contribution in [0.25, 0.3) is 22.4 Å². The first kappa shape index (κ1) is 35.9. The molecule has 3 aromatic carbocycles. The third kappa shape index (κ3) is 13.7. The Morgan fingerprint density at radius 2 is 0.915 bits per heavy atom. The van der Waals surface area contributed by atoms with E-state index in [0.29, 0.717) is 5.76 Å². The van der Waals surface area contributed by atoms with Gasteiger partial charge in [-0.25, -0.2) is 0 Å². The fraction of sp³-hybridized carbons (Fsp3) is 0.465. The summed E-state index contributed by atoms with van der Waals surface area (Å²) in [7, 11) is 0. The lowest BCUT2D eigenvalue weighted by molar-refractivity contribution is 0.304. The molecule has 4 rings (SSSR count). The molecule has 0 aliphatic heterocycles. The van der Waals surface area contributed by atoms with Gasteiger partial charge in [-0.2, -0.15) is 0 Å². The first-order chi connectivity index (χ1) is 23.2. The molecule has 0 unspecified atom stereocenters. The number of nitrogens with zero attached hydrogens (tertiary/aromatic N) is 1. The molecule has 0 saturated heterocycles. The van der Waals surface area contributed by atoms with E-state index in [-0.39, 0.29) is 0 Å². The van der Waals surface area contributed by atoms with E-state index in [9.17, 15) is 0 Å². The highest BCUT2D eigenvalue weighted by molar-refractivity contribution is 5.65. The van der Waals surface area contributed by atoms with Crippen LogP contribution in [0.2, 0.25) is 0 Å². The molecule has 250 valence electrons. The first-order valence-corrected chi connectivity index (χ1v) is 18.3. The van der Waals surface area contributed by atoms with E-state index in [1.807, 2.05) is 42.5 Å². The minimum atomic E-state index is 0.543. The van der Waals surface area contributed by atoms with Crippen LogP contribution in [0.15, 0.2) is 83.4 Å². The van der Waals surface area contributed by atoms with E-state index in [1.165, 1.54) is 89.9 Å². The van der Waals surface area contributed by atoms with Crippen LogP contribution < -0.4 is 9.47 Å². The predicted molar refractivity (Wildman–Crippen MR) is 196 cm³/mol. The van der Waals surface area contributed by atoms with E-state index in [4.69, 9.17) is 14.0 Å². The van der Waals surface area contributed by atoms with Gasteiger partial charge in [0.1, 0.15) is 17.2 Å². The van der Waals surface area contributed by atoms with Crippen molar-refractivity contribution in [1.29, 1.82) is 0 Å². The van der Waals surface area contributed by atoms with Crippen molar-refractivity contribution in [2.45, 2.75) is 117 Å². The zero-order valence-electron chi connectivity index (χ0n) is 28.9. The zero-order chi connectivity index (χ0) is 32.8. The van der Waals surface area contributed by atoms with E-state index < -0.39 is 0 Å². The van der Waals surface area contributed by atoms with Crippen LogP contribution in [0.3, 0.4) is 0 Å². The van der Waals surface area contributed by atoms with Crippen LogP contribution >= 0.6 is 0 Å². The normalized spacial score (nSPS) is 10.9. The average molecular weight is 634 g/mol. The Labute approximate surface area is 284 Å². The summed E-state index contributed by atoms with van der Waals surface area (Å²) in [4.78, 5) is 0. The molecule has 0 fully saturated rings. The summed E-state index contributed by atoms with van der Waals surface area (Å²) in [6.45, 7) is 6.08. The van der Waals surface area contributed by atoms with Crippen LogP contribution in [-0.4, -0.2) is 18.4 Å². The van der Waals surface area contributed by atoms with Gasteiger partial charge in [0.2, 0.25) is 5.76 Å². The maximum absolute atomic E-state index is 5.97. The summed E-state index contributed by atoms with van der Waals surface area (Å²) >= 11 is 0. The Bertz CT molecular complexity index is 1440. The molecule has 4 aromatic rings. The largest absolute Gasteiger partial charge is 0.494 e. The molecule has 0 aliphatic carbocycles. The summed E-state index contributed by atoms with van der Waals surface area (Å²) < 4.78 is 17.4. The average Bonchev–Trinajstić information content (AvgIpc) is 3.59. The highest BCUT2D eigenvalue weighted by Crippen LogP contribution is 2.24. The minimum absolute atomic E-state index is 0.543. The first-order valence-electron chi connectivity index (χ1n) is 18.3. The fourth-order valence-electron chi connectivity index (χ4n) is 5.67. The number of benzene rings is 3. The van der Waals surface area contributed by atoms with Crippen molar-refractivity contribution in [1.82, 2.24) is 5.16 Å². The summed E-state index contributed by atoms with van der Waals surface area (Å²) in [5.41, 5.74) is 4.99. The molecule has 0 aliphatic rings. The lowest BCUT2D eigenvalue weighted by atomic mass is 10.0. The molecule has 0 saturated carbocycles. The van der Waals surface area contributed by atoms with E-state index in [1.54, 1.807) is 0 Å². The molecule has 0 atom stereocenters. The van der Waals surface area contributed by atoms with Crippen molar-refractivity contribution in [3.05, 3.63) is 90.2 Å². The Kier molecular flexibility index (Phi) is 16.6. The predicted octanol–water partition coefficient (Wildman–Crippen LogP) is 12.4. The molecule has 0 radical (unpaired) electrons. The fourth-order valence-corrected chi connectivity index (χ4v) is 5.67. The maximum atomic E-state index is 5.97. The van der Waals surface area contributed by atoms with Crippen LogP contribution in [0.1, 0.15) is 128 Å². The molecule has 0 N–H and O–H groups in total. The lowest BCUT2D eigenvalue weighted by Crippen LogP contribution is -1.97. The molecule has 1 heterocycles. The van der Waals surface area contributed by atoms with Crippen LogP contribution in [0, 0.1) is 11.8 Å². The molecule has 0 amide bonds. The quantitative estimate of drug-likeness (QED) is 0.0638. The minimum Gasteiger partial charge on any atom is -0.494 e. The van der Waals surface area contributed by atoms with Crippen LogP contribution in [0.4, 0.5) is 0 Å². The van der Waals surface area contributed by atoms with Crippen molar-refractivity contribution in [3.63, 3.8) is 0 Å². The summed E-state index contributed by atoms with van der Waals surface area (Å²) in [5.74, 6) is 8.68. The highest BCUT2D eigenvalue weighted by atomic mass is 16.5. The molecule has 47 heavy (non-hydrogen) atoms. The molecule has 0 bridgehead atoms. The van der Waals surface area contributed by atoms with Gasteiger partial charge in [-0.1, -0.05) is 139 Å². The Morgan fingerprint density at radius 1 is 0.489 bits per heavy atom. The lowest BCUT2D eigenvalue weighted by Gasteiger charge is -2.08. The third-order valence-corrected chi connectivity index (χ3v) is 8.60. The van der Waals surface area contributed by atoms with Crippen LogP contribution in [-0.2, 0) is 0 Å². The standard InChI is InChI=1S/C43H55NO3/c1-3-5-7-9-11-13-15-17-33-45-40-29-24-38(25-30-40)37-22-19-36(20-23-37)21-28-42-35-43(44-47-42)39-26-31-41(32-27-39)46-34-18-16-14-12-10-8-6-4-2/h19-20,22-27,29-32,35H,3-18,33-34H2,1-2H3. The second-order valence-electron chi connectivity index (χ2n) is 12.6. The van der Waals surface area contributed by atoms with Gasteiger partial charge in [0.05, 0.1) is 13.2 Å². The Morgan fingerprint density at radius 3 is 1.40 bits per heavy atom. The van der Waals surface area contributed by atoms with Gasteiger partial charge in [0, 0.05) is 17.2 Å². The highest BCUT2D eigenvalue weighted by Gasteiger charge is 2.06. The van der Waals surface area contributed by atoms with E-state index in [2.05, 4.69) is 67.2 Å². The van der Waals surface area contributed by atoms with Gasteiger partial charge in [-0.05, 0) is 78.4 Å². The monoisotopic (exact) mass is 633 g/mol. The van der Waals surface area contributed by atoms with Crippen molar-refractivity contribution in [3.8, 4) is 45.7 Å². The second-order valence-corrected chi connectivity index (χ2v) is 12.6.